The van der Waals surface area contributed by atoms with E-state index in [0.717, 1.165) is 6.20 Å². The van der Waals surface area contributed by atoms with E-state index in [0.29, 0.717) is 32.7 Å². The molecule has 1 aromatic rings. The van der Waals surface area contributed by atoms with E-state index in [-0.39, 0.29) is 29.7 Å². The summed E-state index contributed by atoms with van der Waals surface area (Å²) in [6, 6.07) is 2.26. The van der Waals surface area contributed by atoms with Crippen molar-refractivity contribution in [3.63, 3.8) is 0 Å². The largest absolute Gasteiger partial charge is 0.449 e. The van der Waals surface area contributed by atoms with Crippen LogP contribution in [0.4, 0.5) is 24.2 Å². The number of amides is 3. The summed E-state index contributed by atoms with van der Waals surface area (Å²) >= 11 is 0. The normalized spacial score (nSPS) is 20.5. The molecule has 2 saturated heterocycles. The van der Waals surface area contributed by atoms with Crippen LogP contribution in [0, 0.1) is 0 Å². The highest BCUT2D eigenvalue weighted by molar-refractivity contribution is 5.88. The highest BCUT2D eigenvalue weighted by atomic mass is 19.3. The lowest BCUT2D eigenvalue weighted by atomic mass is 10.1. The van der Waals surface area contributed by atoms with Gasteiger partial charge < -0.3 is 19.3 Å². The van der Waals surface area contributed by atoms with Crippen molar-refractivity contribution in [2.24, 2.45) is 0 Å². The van der Waals surface area contributed by atoms with E-state index in [4.69, 9.17) is 4.74 Å². The molecule has 3 heterocycles. The minimum absolute atomic E-state index is 0.0551. The number of ether oxygens (including phenoxy) is 2. The highest BCUT2D eigenvalue weighted by Gasteiger charge is 2.36. The zero-order valence-corrected chi connectivity index (χ0v) is 12.7. The van der Waals surface area contributed by atoms with Gasteiger partial charge in [0, 0.05) is 26.1 Å². The summed E-state index contributed by atoms with van der Waals surface area (Å²) in [7, 11) is 0. The third kappa shape index (κ3) is 3.63. The number of nitrogens with zero attached hydrogens (tertiary/aromatic N) is 3. The summed E-state index contributed by atoms with van der Waals surface area (Å²) in [6.45, 7) is -1.38. The maximum atomic E-state index is 12.3. The predicted octanol–water partition coefficient (Wildman–Crippen LogP) is 1.74. The molecule has 3 rings (SSSR count). The monoisotopic (exact) mass is 342 g/mol. The molecule has 1 N–H and O–H groups in total. The van der Waals surface area contributed by atoms with Gasteiger partial charge in [0.05, 0.1) is 18.8 Å². The molecule has 8 nitrogen and oxygen atoms in total. The second kappa shape index (κ2) is 6.85. The Balaban J connectivity index is 1.56. The Morgan fingerprint density at radius 3 is 2.96 bits per heavy atom. The standard InChI is InChI=1S/C14H16F2N4O4/c15-12(16)24-10-1-2-11(17-7-10)18-13(21)19-4-5-20-9(8-19)3-6-23-14(20)22/h1-2,7,9,12H,3-6,8H2,(H,17,18,21). The number of carbonyl (C=O) groups is 2. The molecule has 1 unspecified atom stereocenters. The molecule has 10 heteroatoms. The number of cyclic esters (lactones) is 1. The van der Waals surface area contributed by atoms with Crippen molar-refractivity contribution in [2.75, 3.05) is 31.6 Å². The van der Waals surface area contributed by atoms with Crippen LogP contribution < -0.4 is 10.1 Å². The number of nitrogens with one attached hydrogen (secondary N) is 1. The van der Waals surface area contributed by atoms with E-state index in [2.05, 4.69) is 15.0 Å². The third-order valence-corrected chi connectivity index (χ3v) is 3.88. The molecule has 130 valence electrons. The van der Waals surface area contributed by atoms with Crippen molar-refractivity contribution in [1.29, 1.82) is 0 Å². The lowest BCUT2D eigenvalue weighted by Gasteiger charge is -2.42. The Labute approximate surface area is 136 Å². The van der Waals surface area contributed by atoms with Crippen LogP contribution in [-0.4, -0.2) is 65.8 Å². The molecule has 2 aliphatic heterocycles. The first kappa shape index (κ1) is 16.2. The number of aromatic nitrogens is 1. The minimum atomic E-state index is -2.93. The number of alkyl halides is 2. The van der Waals surface area contributed by atoms with Crippen LogP contribution in [0.25, 0.3) is 0 Å². The fourth-order valence-corrected chi connectivity index (χ4v) is 2.71. The van der Waals surface area contributed by atoms with Crippen molar-refractivity contribution in [1.82, 2.24) is 14.8 Å². The maximum Gasteiger partial charge on any atom is 0.410 e. The van der Waals surface area contributed by atoms with Crippen LogP contribution in [0.5, 0.6) is 5.75 Å². The second-order valence-electron chi connectivity index (χ2n) is 5.38. The molecule has 0 spiro atoms. The van der Waals surface area contributed by atoms with Gasteiger partial charge in [0.1, 0.15) is 11.6 Å². The Hall–Kier alpha value is -2.65. The average molecular weight is 342 g/mol. The topological polar surface area (TPSA) is 84.0 Å². The van der Waals surface area contributed by atoms with Crippen LogP contribution in [0.3, 0.4) is 0 Å². The number of anilines is 1. The van der Waals surface area contributed by atoms with Crippen LogP contribution in [0.15, 0.2) is 18.3 Å². The van der Waals surface area contributed by atoms with Gasteiger partial charge in [-0.3, -0.25) is 5.32 Å². The van der Waals surface area contributed by atoms with Gasteiger partial charge in [-0.25, -0.2) is 14.6 Å². The number of urea groups is 1. The quantitative estimate of drug-likeness (QED) is 0.905. The zero-order chi connectivity index (χ0) is 17.1. The number of fused-ring (bicyclic) bond motifs is 1. The van der Waals surface area contributed by atoms with Crippen LogP contribution in [0.1, 0.15) is 6.42 Å². The molecule has 2 aliphatic rings. The molecule has 0 aromatic carbocycles. The summed E-state index contributed by atoms with van der Waals surface area (Å²) in [6.07, 6.45) is 1.44. The summed E-state index contributed by atoms with van der Waals surface area (Å²) in [5, 5.41) is 2.60. The van der Waals surface area contributed by atoms with Crippen LogP contribution >= 0.6 is 0 Å². The van der Waals surface area contributed by atoms with Gasteiger partial charge in [0.2, 0.25) is 0 Å². The highest BCUT2D eigenvalue weighted by Crippen LogP contribution is 2.20. The molecule has 0 aliphatic carbocycles. The zero-order valence-electron chi connectivity index (χ0n) is 12.7. The lowest BCUT2D eigenvalue weighted by molar-refractivity contribution is -0.0500. The van der Waals surface area contributed by atoms with Gasteiger partial charge in [-0.1, -0.05) is 0 Å². The number of rotatable bonds is 3. The number of halogens is 2. The van der Waals surface area contributed by atoms with Crippen molar-refractivity contribution >= 4 is 17.9 Å². The van der Waals surface area contributed by atoms with Gasteiger partial charge in [-0.15, -0.1) is 0 Å². The van der Waals surface area contributed by atoms with Crippen molar-refractivity contribution in [2.45, 2.75) is 19.1 Å². The first-order chi connectivity index (χ1) is 11.5. The smallest absolute Gasteiger partial charge is 0.410 e. The van der Waals surface area contributed by atoms with E-state index in [9.17, 15) is 18.4 Å². The lowest BCUT2D eigenvalue weighted by Crippen LogP contribution is -2.59. The Morgan fingerprint density at radius 2 is 2.25 bits per heavy atom. The fourth-order valence-electron chi connectivity index (χ4n) is 2.71. The molecule has 0 bridgehead atoms. The summed E-state index contributed by atoms with van der Waals surface area (Å²) in [4.78, 5) is 31.0. The van der Waals surface area contributed by atoms with Crippen LogP contribution in [-0.2, 0) is 4.74 Å². The van der Waals surface area contributed by atoms with Gasteiger partial charge in [0.15, 0.2) is 0 Å². The summed E-state index contributed by atoms with van der Waals surface area (Å²) < 4.78 is 33.3. The number of carbonyl (C=O) groups excluding carboxylic acids is 2. The summed E-state index contributed by atoms with van der Waals surface area (Å²) in [5.41, 5.74) is 0. The third-order valence-electron chi connectivity index (χ3n) is 3.88. The average Bonchev–Trinajstić information content (AvgIpc) is 2.56. The maximum absolute atomic E-state index is 12.3. The Morgan fingerprint density at radius 1 is 1.42 bits per heavy atom. The van der Waals surface area contributed by atoms with Crippen molar-refractivity contribution in [3.8, 4) is 5.75 Å². The first-order valence-corrected chi connectivity index (χ1v) is 7.43. The molecule has 2 fully saturated rings. The van der Waals surface area contributed by atoms with Gasteiger partial charge in [-0.2, -0.15) is 8.78 Å². The Kier molecular flexibility index (Phi) is 4.63. The molecule has 0 radical (unpaired) electrons. The van der Waals surface area contributed by atoms with Crippen molar-refractivity contribution < 1.29 is 27.8 Å². The van der Waals surface area contributed by atoms with E-state index in [1.54, 1.807) is 9.80 Å². The molecular weight excluding hydrogens is 326 g/mol. The van der Waals surface area contributed by atoms with E-state index in [1.807, 2.05) is 0 Å². The number of hydrogen-bond donors (Lipinski definition) is 1. The van der Waals surface area contributed by atoms with E-state index < -0.39 is 6.61 Å². The number of hydrogen-bond acceptors (Lipinski definition) is 5. The van der Waals surface area contributed by atoms with E-state index in [1.165, 1.54) is 12.1 Å². The van der Waals surface area contributed by atoms with Gasteiger partial charge in [-0.05, 0) is 12.1 Å². The SMILES string of the molecule is O=C(Nc1ccc(OC(F)F)cn1)N1CCN2C(=O)OCCC2C1. The molecule has 1 aromatic heterocycles. The molecule has 24 heavy (non-hydrogen) atoms. The molecule has 0 saturated carbocycles. The Bertz CT molecular complexity index is 613. The molecular formula is C14H16F2N4O4. The summed E-state index contributed by atoms with van der Waals surface area (Å²) in [5.74, 6) is 0.143. The second-order valence-corrected chi connectivity index (χ2v) is 5.38. The predicted molar refractivity (Wildman–Crippen MR) is 77.9 cm³/mol. The minimum Gasteiger partial charge on any atom is -0.449 e. The molecule has 3 amide bonds. The first-order valence-electron chi connectivity index (χ1n) is 7.43. The fraction of sp³-hybridized carbons (Fsp3) is 0.500. The van der Waals surface area contributed by atoms with Crippen molar-refractivity contribution in [3.05, 3.63) is 18.3 Å². The van der Waals surface area contributed by atoms with Crippen LogP contribution in [0.2, 0.25) is 0 Å². The molecule has 1 atom stereocenters. The van der Waals surface area contributed by atoms with E-state index >= 15 is 0 Å². The number of pyridine rings is 1. The van der Waals surface area contributed by atoms with Gasteiger partial charge in [0.25, 0.3) is 0 Å². The van der Waals surface area contributed by atoms with Gasteiger partial charge >= 0.3 is 18.7 Å². The number of piperazine rings is 1.